The van der Waals surface area contributed by atoms with Crippen LogP contribution in [-0.4, -0.2) is 84.9 Å². The Morgan fingerprint density at radius 2 is 1.95 bits per heavy atom. The molecule has 2 aliphatic heterocycles. The van der Waals surface area contributed by atoms with Crippen LogP contribution in [0.1, 0.15) is 20.3 Å². The second kappa shape index (κ2) is 6.10. The van der Waals surface area contributed by atoms with Gasteiger partial charge in [-0.15, -0.1) is 0 Å². The Morgan fingerprint density at radius 3 is 2.60 bits per heavy atom. The van der Waals surface area contributed by atoms with Gasteiger partial charge in [-0.05, 0) is 27.4 Å². The second-order valence-electron chi connectivity index (χ2n) is 6.04. The Balaban J connectivity index is 2.11. The summed E-state index contributed by atoms with van der Waals surface area (Å²) in [6.45, 7) is 7.34. The van der Waals surface area contributed by atoms with Gasteiger partial charge in [-0.3, -0.25) is 14.5 Å². The summed E-state index contributed by atoms with van der Waals surface area (Å²) in [7, 11) is 4.20. The molecule has 0 aromatic heterocycles. The maximum Gasteiger partial charge on any atom is 0.245 e. The van der Waals surface area contributed by atoms with Gasteiger partial charge in [0.1, 0.15) is 12.1 Å². The van der Waals surface area contributed by atoms with E-state index in [4.69, 9.17) is 0 Å². The zero-order chi connectivity index (χ0) is 14.9. The maximum absolute atomic E-state index is 12.4. The molecule has 6 heteroatoms. The molecule has 3 atom stereocenters. The Morgan fingerprint density at radius 1 is 1.25 bits per heavy atom. The quantitative estimate of drug-likeness (QED) is 0.748. The molecule has 3 unspecified atom stereocenters. The van der Waals surface area contributed by atoms with Crippen LogP contribution in [0.25, 0.3) is 0 Å². The van der Waals surface area contributed by atoms with E-state index in [1.807, 2.05) is 6.92 Å². The summed E-state index contributed by atoms with van der Waals surface area (Å²) in [5, 5.41) is 2.76. The number of carbonyl (C=O) groups excluding carboxylic acids is 2. The van der Waals surface area contributed by atoms with Gasteiger partial charge >= 0.3 is 0 Å². The van der Waals surface area contributed by atoms with Crippen molar-refractivity contribution in [3.63, 3.8) is 0 Å². The molecule has 2 heterocycles. The van der Waals surface area contributed by atoms with Crippen LogP contribution in [0.3, 0.4) is 0 Å². The summed E-state index contributed by atoms with van der Waals surface area (Å²) in [5.74, 6) is 0.0180. The van der Waals surface area contributed by atoms with Crippen LogP contribution in [0.4, 0.5) is 0 Å². The maximum atomic E-state index is 12.4. The van der Waals surface area contributed by atoms with Crippen molar-refractivity contribution < 1.29 is 9.59 Å². The van der Waals surface area contributed by atoms with Gasteiger partial charge in [0.15, 0.2) is 0 Å². The molecule has 2 fully saturated rings. The van der Waals surface area contributed by atoms with Crippen molar-refractivity contribution in [3.05, 3.63) is 0 Å². The Bertz CT molecular complexity index is 387. The number of rotatable bonds is 3. The first-order valence-corrected chi connectivity index (χ1v) is 7.43. The molecule has 114 valence electrons. The van der Waals surface area contributed by atoms with Gasteiger partial charge in [-0.1, -0.05) is 6.92 Å². The lowest BCUT2D eigenvalue weighted by Crippen LogP contribution is -2.65. The number of amides is 2. The van der Waals surface area contributed by atoms with Crippen molar-refractivity contribution in [2.75, 3.05) is 40.3 Å². The third-order valence-electron chi connectivity index (χ3n) is 4.47. The van der Waals surface area contributed by atoms with E-state index in [2.05, 4.69) is 29.2 Å². The van der Waals surface area contributed by atoms with Crippen molar-refractivity contribution in [2.24, 2.45) is 0 Å². The molecular weight excluding hydrogens is 256 g/mol. The van der Waals surface area contributed by atoms with Gasteiger partial charge in [-0.2, -0.15) is 0 Å². The van der Waals surface area contributed by atoms with Crippen LogP contribution in [-0.2, 0) is 9.59 Å². The van der Waals surface area contributed by atoms with Crippen molar-refractivity contribution in [1.29, 1.82) is 0 Å². The number of hydrogen-bond donors (Lipinski definition) is 1. The molecule has 0 aliphatic carbocycles. The molecule has 0 aromatic rings. The molecule has 1 N–H and O–H groups in total. The molecule has 0 spiro atoms. The molecule has 2 amide bonds. The highest BCUT2D eigenvalue weighted by molar-refractivity contribution is 5.96. The highest BCUT2D eigenvalue weighted by Crippen LogP contribution is 2.16. The van der Waals surface area contributed by atoms with Crippen LogP contribution in [0, 0.1) is 0 Å². The first-order valence-electron chi connectivity index (χ1n) is 7.43. The van der Waals surface area contributed by atoms with Gasteiger partial charge < -0.3 is 15.1 Å². The second-order valence-corrected chi connectivity index (χ2v) is 6.04. The topological polar surface area (TPSA) is 55.9 Å². The molecule has 0 bridgehead atoms. The molecular formula is C14H26N4O2. The Labute approximate surface area is 121 Å². The van der Waals surface area contributed by atoms with E-state index in [-0.39, 0.29) is 17.9 Å². The molecule has 20 heavy (non-hydrogen) atoms. The summed E-state index contributed by atoms with van der Waals surface area (Å²) in [4.78, 5) is 30.8. The van der Waals surface area contributed by atoms with Crippen molar-refractivity contribution in [3.8, 4) is 0 Å². The fraction of sp³-hybridized carbons (Fsp3) is 0.857. The van der Waals surface area contributed by atoms with Crippen LogP contribution >= 0.6 is 0 Å². The van der Waals surface area contributed by atoms with Gasteiger partial charge in [-0.25, -0.2) is 0 Å². The lowest BCUT2D eigenvalue weighted by molar-refractivity contribution is -0.150. The summed E-state index contributed by atoms with van der Waals surface area (Å²) >= 11 is 0. The predicted molar refractivity (Wildman–Crippen MR) is 77.3 cm³/mol. The third-order valence-corrected chi connectivity index (χ3v) is 4.47. The first-order chi connectivity index (χ1) is 9.43. The number of piperazine rings is 2. The lowest BCUT2D eigenvalue weighted by atomic mass is 10.0. The van der Waals surface area contributed by atoms with Gasteiger partial charge in [0.05, 0.1) is 0 Å². The van der Waals surface area contributed by atoms with E-state index in [0.29, 0.717) is 19.0 Å². The van der Waals surface area contributed by atoms with Crippen molar-refractivity contribution in [2.45, 2.75) is 38.4 Å². The highest BCUT2D eigenvalue weighted by atomic mass is 16.2. The van der Waals surface area contributed by atoms with Crippen LogP contribution in [0.2, 0.25) is 0 Å². The number of nitrogens with zero attached hydrogens (tertiary/aromatic N) is 3. The monoisotopic (exact) mass is 282 g/mol. The summed E-state index contributed by atoms with van der Waals surface area (Å²) in [5.41, 5.74) is 0. The van der Waals surface area contributed by atoms with Crippen LogP contribution in [0.15, 0.2) is 0 Å². The average molecular weight is 282 g/mol. The standard InChI is InChI=1S/C14H26N4O2/c1-5-12-13(19)15-10(2)14(20)18(12)9-11-8-16(3)6-7-17(11)4/h10-12H,5-9H2,1-4H3,(H,15,19). The first kappa shape index (κ1) is 15.3. The van der Waals surface area contributed by atoms with E-state index in [1.165, 1.54) is 0 Å². The fourth-order valence-corrected chi connectivity index (χ4v) is 3.06. The molecule has 0 aromatic carbocycles. The summed E-state index contributed by atoms with van der Waals surface area (Å²) in [6.07, 6.45) is 0.663. The van der Waals surface area contributed by atoms with E-state index < -0.39 is 6.04 Å². The van der Waals surface area contributed by atoms with E-state index >= 15 is 0 Å². The van der Waals surface area contributed by atoms with Gasteiger partial charge in [0.25, 0.3) is 0 Å². The third kappa shape index (κ3) is 2.96. The zero-order valence-corrected chi connectivity index (χ0v) is 12.9. The highest BCUT2D eigenvalue weighted by Gasteiger charge is 2.39. The minimum atomic E-state index is -0.406. The van der Waals surface area contributed by atoms with Crippen LogP contribution < -0.4 is 5.32 Å². The predicted octanol–water partition coefficient (Wildman–Crippen LogP) is -0.642. The minimum Gasteiger partial charge on any atom is -0.343 e. The summed E-state index contributed by atoms with van der Waals surface area (Å²) < 4.78 is 0. The number of carbonyl (C=O) groups is 2. The zero-order valence-electron chi connectivity index (χ0n) is 12.9. The van der Waals surface area contributed by atoms with Crippen LogP contribution in [0.5, 0.6) is 0 Å². The lowest BCUT2D eigenvalue weighted by Gasteiger charge is -2.44. The van der Waals surface area contributed by atoms with Crippen molar-refractivity contribution >= 4 is 11.8 Å². The SMILES string of the molecule is CCC1C(=O)NC(C)C(=O)N1CC1CN(C)CCN1C. The normalized spacial score (nSPS) is 33.4. The molecule has 0 radical (unpaired) electrons. The van der Waals surface area contributed by atoms with E-state index in [0.717, 1.165) is 19.6 Å². The Kier molecular flexibility index (Phi) is 4.65. The number of nitrogens with one attached hydrogen (secondary N) is 1. The number of likely N-dealkylation sites (N-methyl/N-ethyl adjacent to an activating group) is 2. The average Bonchev–Trinajstić information content (AvgIpc) is 2.40. The van der Waals surface area contributed by atoms with Gasteiger partial charge in [0.2, 0.25) is 11.8 Å². The summed E-state index contributed by atoms with van der Waals surface area (Å²) in [6, 6.07) is -0.430. The molecule has 2 saturated heterocycles. The van der Waals surface area contributed by atoms with E-state index in [1.54, 1.807) is 11.8 Å². The Hall–Kier alpha value is -1.14. The molecule has 2 aliphatic rings. The minimum absolute atomic E-state index is 0.0218. The fourth-order valence-electron chi connectivity index (χ4n) is 3.06. The molecule has 6 nitrogen and oxygen atoms in total. The van der Waals surface area contributed by atoms with E-state index in [9.17, 15) is 9.59 Å². The smallest absolute Gasteiger partial charge is 0.245 e. The van der Waals surface area contributed by atoms with Crippen molar-refractivity contribution in [1.82, 2.24) is 20.0 Å². The molecule has 2 rings (SSSR count). The molecule has 0 saturated carbocycles. The van der Waals surface area contributed by atoms with Gasteiger partial charge in [0, 0.05) is 32.2 Å². The number of hydrogen-bond acceptors (Lipinski definition) is 4. The largest absolute Gasteiger partial charge is 0.343 e.